The number of pyridine rings is 1. The van der Waals surface area contributed by atoms with Gasteiger partial charge in [-0.2, -0.15) is 0 Å². The van der Waals surface area contributed by atoms with Crippen LogP contribution in [0.1, 0.15) is 52.4 Å². The second-order valence-corrected chi connectivity index (χ2v) is 7.59. The molecule has 0 unspecified atom stereocenters. The van der Waals surface area contributed by atoms with Crippen LogP contribution < -0.4 is 0 Å². The third-order valence-corrected chi connectivity index (χ3v) is 5.44. The summed E-state index contributed by atoms with van der Waals surface area (Å²) >= 11 is 0. The third kappa shape index (κ3) is 4.01. The van der Waals surface area contributed by atoms with E-state index in [2.05, 4.69) is 4.98 Å². The predicted octanol–water partition coefficient (Wildman–Crippen LogP) is 3.62. The highest BCUT2D eigenvalue weighted by Crippen LogP contribution is 2.19. The molecule has 0 bridgehead atoms. The molecule has 0 N–H and O–H groups in total. The van der Waals surface area contributed by atoms with Crippen molar-refractivity contribution in [3.8, 4) is 0 Å². The van der Waals surface area contributed by atoms with Gasteiger partial charge in [0.25, 0.3) is 11.8 Å². The molecule has 2 amide bonds. The first-order valence-electron chi connectivity index (χ1n) is 10.2. The summed E-state index contributed by atoms with van der Waals surface area (Å²) < 4.78 is 1.75. The van der Waals surface area contributed by atoms with Crippen LogP contribution in [0.15, 0.2) is 54.7 Å². The molecule has 1 aliphatic rings. The average molecular weight is 390 g/mol. The van der Waals surface area contributed by atoms with Crippen LogP contribution in [0.5, 0.6) is 0 Å². The van der Waals surface area contributed by atoms with Crippen molar-refractivity contribution in [2.45, 2.75) is 32.2 Å². The number of rotatable bonds is 4. The van der Waals surface area contributed by atoms with E-state index in [0.717, 1.165) is 44.3 Å². The van der Waals surface area contributed by atoms with Gasteiger partial charge in [0.15, 0.2) is 5.69 Å². The Morgan fingerprint density at radius 3 is 2.38 bits per heavy atom. The van der Waals surface area contributed by atoms with Gasteiger partial charge in [0, 0.05) is 32.9 Å². The SMILES string of the molecule is CN(Cc1ccccc1)C(=O)c1nc(C(=O)N2CCCCCC2)n2ccccc12. The Labute approximate surface area is 170 Å². The van der Waals surface area contributed by atoms with Crippen LogP contribution in [0.25, 0.3) is 5.52 Å². The van der Waals surface area contributed by atoms with Crippen molar-refractivity contribution in [2.75, 3.05) is 20.1 Å². The fourth-order valence-corrected chi connectivity index (χ4v) is 3.87. The molecular weight excluding hydrogens is 364 g/mol. The molecule has 29 heavy (non-hydrogen) atoms. The summed E-state index contributed by atoms with van der Waals surface area (Å²) in [7, 11) is 1.76. The molecule has 0 atom stereocenters. The predicted molar refractivity (Wildman–Crippen MR) is 112 cm³/mol. The van der Waals surface area contributed by atoms with Crippen LogP contribution in [0, 0.1) is 0 Å². The topological polar surface area (TPSA) is 57.9 Å². The highest BCUT2D eigenvalue weighted by molar-refractivity contribution is 6.02. The van der Waals surface area contributed by atoms with E-state index in [1.54, 1.807) is 22.5 Å². The maximum atomic E-state index is 13.2. The zero-order valence-corrected chi connectivity index (χ0v) is 16.8. The molecule has 150 valence electrons. The molecule has 6 heteroatoms. The van der Waals surface area contributed by atoms with Crippen LogP contribution in [-0.2, 0) is 6.54 Å². The summed E-state index contributed by atoms with van der Waals surface area (Å²) in [4.78, 5) is 34.4. The number of carbonyl (C=O) groups excluding carboxylic acids is 2. The van der Waals surface area contributed by atoms with Gasteiger partial charge in [-0.1, -0.05) is 49.2 Å². The largest absolute Gasteiger partial charge is 0.336 e. The molecule has 1 saturated heterocycles. The van der Waals surface area contributed by atoms with Crippen molar-refractivity contribution in [2.24, 2.45) is 0 Å². The van der Waals surface area contributed by atoms with E-state index in [1.165, 1.54) is 0 Å². The quantitative estimate of drug-likeness (QED) is 0.684. The van der Waals surface area contributed by atoms with Crippen LogP contribution >= 0.6 is 0 Å². The number of hydrogen-bond acceptors (Lipinski definition) is 3. The Bertz CT molecular complexity index is 1000. The minimum Gasteiger partial charge on any atom is -0.336 e. The molecule has 4 rings (SSSR count). The minimum atomic E-state index is -0.188. The third-order valence-electron chi connectivity index (χ3n) is 5.44. The van der Waals surface area contributed by atoms with Crippen LogP contribution in [0.3, 0.4) is 0 Å². The Balaban J connectivity index is 1.65. The van der Waals surface area contributed by atoms with Crippen LogP contribution in [-0.4, -0.2) is 51.1 Å². The van der Waals surface area contributed by atoms with Crippen molar-refractivity contribution >= 4 is 17.3 Å². The van der Waals surface area contributed by atoms with Crippen molar-refractivity contribution in [3.05, 3.63) is 71.8 Å². The molecule has 1 aromatic carbocycles. The lowest BCUT2D eigenvalue weighted by Gasteiger charge is -2.19. The average Bonchev–Trinajstić information content (AvgIpc) is 2.93. The van der Waals surface area contributed by atoms with E-state index >= 15 is 0 Å². The molecule has 1 fully saturated rings. The maximum Gasteiger partial charge on any atom is 0.290 e. The van der Waals surface area contributed by atoms with Gasteiger partial charge >= 0.3 is 0 Å². The van der Waals surface area contributed by atoms with Crippen molar-refractivity contribution < 1.29 is 9.59 Å². The molecular formula is C23H26N4O2. The van der Waals surface area contributed by atoms with E-state index in [0.29, 0.717) is 23.6 Å². The number of benzene rings is 1. The summed E-state index contributed by atoms with van der Waals surface area (Å²) in [5.74, 6) is 0.0318. The number of hydrogen-bond donors (Lipinski definition) is 0. The second kappa shape index (κ2) is 8.47. The number of likely N-dealkylation sites (tertiary alicyclic amines) is 1. The highest BCUT2D eigenvalue weighted by atomic mass is 16.2. The Morgan fingerprint density at radius 2 is 1.66 bits per heavy atom. The number of amides is 2. The van der Waals surface area contributed by atoms with Gasteiger partial charge in [0.05, 0.1) is 5.52 Å². The molecule has 3 aromatic rings. The normalized spacial score (nSPS) is 14.6. The van der Waals surface area contributed by atoms with Gasteiger partial charge in [-0.3, -0.25) is 14.0 Å². The molecule has 0 radical (unpaired) electrons. The van der Waals surface area contributed by atoms with Gasteiger partial charge in [0.2, 0.25) is 5.82 Å². The Hall–Kier alpha value is -3.15. The first-order chi connectivity index (χ1) is 14.1. The smallest absolute Gasteiger partial charge is 0.290 e. The maximum absolute atomic E-state index is 13.2. The molecule has 0 saturated carbocycles. The van der Waals surface area contributed by atoms with E-state index < -0.39 is 0 Å². The second-order valence-electron chi connectivity index (χ2n) is 7.59. The number of aromatic nitrogens is 2. The van der Waals surface area contributed by atoms with Crippen molar-refractivity contribution in [3.63, 3.8) is 0 Å². The molecule has 1 aliphatic heterocycles. The number of carbonyl (C=O) groups is 2. The molecule has 2 aromatic heterocycles. The summed E-state index contributed by atoms with van der Waals surface area (Å²) in [6.45, 7) is 1.98. The molecule has 0 spiro atoms. The number of imidazole rings is 1. The molecule has 0 aliphatic carbocycles. The van der Waals surface area contributed by atoms with Gasteiger partial charge in [-0.25, -0.2) is 4.98 Å². The lowest BCUT2D eigenvalue weighted by Crippen LogP contribution is -2.33. The fraction of sp³-hybridized carbons (Fsp3) is 0.348. The standard InChI is InChI=1S/C23H26N4O2/c1-25(17-18-11-5-4-6-12-18)22(28)20-19-13-7-10-16-27(19)21(24-20)23(29)26-14-8-2-3-9-15-26/h4-7,10-13,16H,2-3,8-9,14-15,17H2,1H3. The van der Waals surface area contributed by atoms with E-state index in [4.69, 9.17) is 0 Å². The monoisotopic (exact) mass is 390 g/mol. The van der Waals surface area contributed by atoms with Gasteiger partial charge in [-0.05, 0) is 30.5 Å². The summed E-state index contributed by atoms with van der Waals surface area (Å²) in [5.41, 5.74) is 2.03. The molecule has 3 heterocycles. The zero-order valence-electron chi connectivity index (χ0n) is 16.8. The van der Waals surface area contributed by atoms with Gasteiger partial charge < -0.3 is 9.80 Å². The number of nitrogens with zero attached hydrogens (tertiary/aromatic N) is 4. The van der Waals surface area contributed by atoms with E-state index in [-0.39, 0.29) is 11.8 Å². The molecule has 6 nitrogen and oxygen atoms in total. The Kier molecular flexibility index (Phi) is 5.60. The van der Waals surface area contributed by atoms with E-state index in [9.17, 15) is 9.59 Å². The lowest BCUT2D eigenvalue weighted by molar-refractivity contribution is 0.0748. The number of fused-ring (bicyclic) bond motifs is 1. The summed E-state index contributed by atoms with van der Waals surface area (Å²) in [6.07, 6.45) is 6.14. The minimum absolute atomic E-state index is 0.0992. The van der Waals surface area contributed by atoms with Crippen LogP contribution in [0.4, 0.5) is 0 Å². The van der Waals surface area contributed by atoms with Gasteiger partial charge in [0.1, 0.15) is 0 Å². The van der Waals surface area contributed by atoms with E-state index in [1.807, 2.05) is 53.4 Å². The highest BCUT2D eigenvalue weighted by Gasteiger charge is 2.26. The summed E-state index contributed by atoms with van der Waals surface area (Å²) in [6, 6.07) is 15.4. The lowest BCUT2D eigenvalue weighted by atomic mass is 10.2. The first-order valence-corrected chi connectivity index (χ1v) is 10.2. The van der Waals surface area contributed by atoms with Crippen molar-refractivity contribution in [1.29, 1.82) is 0 Å². The zero-order chi connectivity index (χ0) is 20.2. The first kappa shape index (κ1) is 19.2. The fourth-order valence-electron chi connectivity index (χ4n) is 3.87. The van der Waals surface area contributed by atoms with Crippen molar-refractivity contribution in [1.82, 2.24) is 19.2 Å². The van der Waals surface area contributed by atoms with Crippen LogP contribution in [0.2, 0.25) is 0 Å². The van der Waals surface area contributed by atoms with Gasteiger partial charge in [-0.15, -0.1) is 0 Å². The Morgan fingerprint density at radius 1 is 0.966 bits per heavy atom. The summed E-state index contributed by atoms with van der Waals surface area (Å²) in [5, 5.41) is 0.